The Kier molecular flexibility index (Phi) is 12.5. The monoisotopic (exact) mass is 599 g/mol. The van der Waals surface area contributed by atoms with E-state index in [-0.39, 0.29) is 36.7 Å². The van der Waals surface area contributed by atoms with E-state index in [4.69, 9.17) is 5.73 Å². The average molecular weight is 600 g/mol. The van der Waals surface area contributed by atoms with Crippen LogP contribution in [0.5, 0.6) is 0 Å². The van der Waals surface area contributed by atoms with Gasteiger partial charge in [-0.05, 0) is 49.8 Å². The third kappa shape index (κ3) is 9.34. The second-order valence-electron chi connectivity index (χ2n) is 12.5. The molecule has 5 N–H and O–H groups in total. The molecule has 42 heavy (non-hydrogen) atoms. The number of nitrogens with two attached hydrogens (primary N) is 1. The molecule has 1 unspecified atom stereocenters. The van der Waals surface area contributed by atoms with Gasteiger partial charge in [0.25, 0.3) is 0 Å². The van der Waals surface area contributed by atoms with Crippen LogP contribution in [0.4, 0.5) is 0 Å². The predicted molar refractivity (Wildman–Crippen MR) is 168 cm³/mol. The molecule has 1 saturated heterocycles. The molecule has 9 nitrogen and oxygen atoms in total. The Morgan fingerprint density at radius 3 is 2.31 bits per heavy atom. The van der Waals surface area contributed by atoms with Crippen molar-refractivity contribution in [1.82, 2.24) is 20.5 Å². The highest BCUT2D eigenvalue weighted by molar-refractivity contribution is 7.13. The van der Waals surface area contributed by atoms with E-state index >= 15 is 0 Å². The molecule has 1 aliphatic rings. The summed E-state index contributed by atoms with van der Waals surface area (Å²) in [6.07, 6.45) is 5.72. The molecule has 1 aromatic carbocycles. The highest BCUT2D eigenvalue weighted by atomic mass is 32.1. The lowest BCUT2D eigenvalue weighted by atomic mass is 9.85. The fourth-order valence-electron chi connectivity index (χ4n) is 5.39. The maximum Gasteiger partial charge on any atom is 0.246 e. The van der Waals surface area contributed by atoms with Crippen molar-refractivity contribution in [2.45, 2.75) is 110 Å². The van der Waals surface area contributed by atoms with Crippen LogP contribution in [0, 0.1) is 12.3 Å². The summed E-state index contributed by atoms with van der Waals surface area (Å²) < 4.78 is 0. The Labute approximate surface area is 254 Å². The van der Waals surface area contributed by atoms with Crippen LogP contribution in [-0.2, 0) is 14.4 Å². The number of benzene rings is 1. The number of aryl methyl sites for hydroxylation is 1. The number of hydrogen-bond donors (Lipinski definition) is 4. The molecule has 1 aromatic heterocycles. The van der Waals surface area contributed by atoms with Gasteiger partial charge in [0.2, 0.25) is 17.7 Å². The standard InChI is InChI=1S/C32H49N5O4S/c1-21(23-13-15-24(16-14-23)28-22(2)34-20-42-28)35-30(40)26-18-25(38)19-37(26)31(41)29(32(3,4)5)36-27(39)12-10-8-6-7-9-11-17-33/h13-16,20-21,25-26,29,38H,6-12,17-19,33H2,1-5H3,(H,35,40)(H,36,39)/t21-,25+,26-,29?/m0/s1. The van der Waals surface area contributed by atoms with E-state index in [1.807, 2.05) is 64.4 Å². The Hall–Kier alpha value is -2.82. The minimum absolute atomic E-state index is 0.0550. The summed E-state index contributed by atoms with van der Waals surface area (Å²) in [6.45, 7) is 10.3. The maximum atomic E-state index is 13.8. The van der Waals surface area contributed by atoms with E-state index in [1.165, 1.54) is 4.90 Å². The van der Waals surface area contributed by atoms with Gasteiger partial charge in [-0.15, -0.1) is 11.3 Å². The van der Waals surface area contributed by atoms with E-state index in [9.17, 15) is 19.5 Å². The van der Waals surface area contributed by atoms with Crippen LogP contribution in [-0.4, -0.2) is 64.0 Å². The van der Waals surface area contributed by atoms with Crippen molar-refractivity contribution in [2.75, 3.05) is 13.1 Å². The van der Waals surface area contributed by atoms with Gasteiger partial charge in [-0.1, -0.05) is 70.7 Å². The van der Waals surface area contributed by atoms with Gasteiger partial charge < -0.3 is 26.4 Å². The van der Waals surface area contributed by atoms with E-state index in [2.05, 4.69) is 15.6 Å². The number of likely N-dealkylation sites (tertiary alicyclic amines) is 1. The molecule has 0 spiro atoms. The predicted octanol–water partition coefficient (Wildman–Crippen LogP) is 4.48. The number of nitrogens with zero attached hydrogens (tertiary/aromatic N) is 2. The number of unbranched alkanes of at least 4 members (excludes halogenated alkanes) is 5. The summed E-state index contributed by atoms with van der Waals surface area (Å²) in [5, 5.41) is 16.5. The fraction of sp³-hybridized carbons (Fsp3) is 0.625. The maximum absolute atomic E-state index is 13.8. The molecule has 0 bridgehead atoms. The zero-order valence-corrected chi connectivity index (χ0v) is 26.6. The molecule has 2 heterocycles. The Morgan fingerprint density at radius 1 is 1.07 bits per heavy atom. The number of rotatable bonds is 14. The molecule has 1 aliphatic heterocycles. The Morgan fingerprint density at radius 2 is 1.71 bits per heavy atom. The van der Waals surface area contributed by atoms with Crippen molar-refractivity contribution < 1.29 is 19.5 Å². The molecule has 1 fully saturated rings. The molecular weight excluding hydrogens is 550 g/mol. The quantitative estimate of drug-likeness (QED) is 0.236. The summed E-state index contributed by atoms with van der Waals surface area (Å²) in [5.41, 5.74) is 9.78. The van der Waals surface area contributed by atoms with Crippen molar-refractivity contribution in [1.29, 1.82) is 0 Å². The summed E-state index contributed by atoms with van der Waals surface area (Å²) in [6, 6.07) is 6.09. The summed E-state index contributed by atoms with van der Waals surface area (Å²) in [5.74, 6) is -0.828. The number of nitrogens with one attached hydrogen (secondary N) is 2. The molecule has 2 aromatic rings. The Balaban J connectivity index is 1.61. The largest absolute Gasteiger partial charge is 0.391 e. The molecular formula is C32H49N5O4S. The van der Waals surface area contributed by atoms with Crippen LogP contribution in [0.15, 0.2) is 29.8 Å². The van der Waals surface area contributed by atoms with E-state index in [1.54, 1.807) is 11.3 Å². The number of aliphatic hydroxyl groups is 1. The smallest absolute Gasteiger partial charge is 0.246 e. The lowest BCUT2D eigenvalue weighted by molar-refractivity contribution is -0.144. The molecule has 10 heteroatoms. The van der Waals surface area contributed by atoms with Crippen LogP contribution in [0.3, 0.4) is 0 Å². The van der Waals surface area contributed by atoms with Crippen LogP contribution in [0.2, 0.25) is 0 Å². The fourth-order valence-corrected chi connectivity index (χ4v) is 6.20. The molecule has 0 radical (unpaired) electrons. The number of β-amino-alcohol motifs (C(OH)–C–C–N with tert-alkyl or cyclic N) is 1. The second-order valence-corrected chi connectivity index (χ2v) is 13.4. The third-order valence-corrected chi connectivity index (χ3v) is 8.90. The highest BCUT2D eigenvalue weighted by Gasteiger charge is 2.44. The van der Waals surface area contributed by atoms with Crippen molar-refractivity contribution in [2.24, 2.45) is 11.1 Å². The molecule has 4 atom stereocenters. The number of carbonyl (C=O) groups is 3. The van der Waals surface area contributed by atoms with Crippen molar-refractivity contribution >= 4 is 29.1 Å². The normalized spacial score (nSPS) is 18.5. The Bertz CT molecular complexity index is 1180. The lowest BCUT2D eigenvalue weighted by Crippen LogP contribution is -2.57. The van der Waals surface area contributed by atoms with E-state index in [0.717, 1.165) is 60.2 Å². The van der Waals surface area contributed by atoms with E-state index in [0.29, 0.717) is 13.0 Å². The number of thiazole rings is 1. The van der Waals surface area contributed by atoms with Gasteiger partial charge in [0.15, 0.2) is 0 Å². The number of aliphatic hydroxyl groups excluding tert-OH is 1. The lowest BCUT2D eigenvalue weighted by Gasteiger charge is -2.35. The molecule has 3 rings (SSSR count). The number of amides is 3. The van der Waals surface area contributed by atoms with Crippen LogP contribution < -0.4 is 16.4 Å². The zero-order chi connectivity index (χ0) is 30.9. The SMILES string of the molecule is Cc1ncsc1-c1ccc([C@H](C)NC(=O)[C@@H]2C[C@@H](O)CN2C(=O)C(NC(=O)CCCCCCCCN)C(C)(C)C)cc1. The second kappa shape index (κ2) is 15.6. The first-order valence-corrected chi connectivity index (χ1v) is 16.1. The summed E-state index contributed by atoms with van der Waals surface area (Å²) in [4.78, 5) is 46.9. The van der Waals surface area contributed by atoms with Gasteiger partial charge in [0, 0.05) is 19.4 Å². The van der Waals surface area contributed by atoms with Crippen molar-refractivity contribution in [3.8, 4) is 10.4 Å². The highest BCUT2D eigenvalue weighted by Crippen LogP contribution is 2.29. The molecule has 232 valence electrons. The van der Waals surface area contributed by atoms with Crippen LogP contribution in [0.25, 0.3) is 10.4 Å². The number of carbonyl (C=O) groups excluding carboxylic acids is 3. The average Bonchev–Trinajstić information content (AvgIpc) is 3.55. The van der Waals surface area contributed by atoms with Crippen molar-refractivity contribution in [3.63, 3.8) is 0 Å². The first kappa shape index (κ1) is 33.7. The third-order valence-electron chi connectivity index (χ3n) is 7.92. The van der Waals surface area contributed by atoms with Gasteiger partial charge in [0.05, 0.1) is 28.2 Å². The number of hydrogen-bond acceptors (Lipinski definition) is 7. The topological polar surface area (TPSA) is 138 Å². The van der Waals surface area contributed by atoms with E-state index < -0.39 is 23.6 Å². The summed E-state index contributed by atoms with van der Waals surface area (Å²) >= 11 is 1.59. The van der Waals surface area contributed by atoms with Gasteiger partial charge in [-0.2, -0.15) is 0 Å². The summed E-state index contributed by atoms with van der Waals surface area (Å²) in [7, 11) is 0. The zero-order valence-electron chi connectivity index (χ0n) is 25.8. The first-order valence-electron chi connectivity index (χ1n) is 15.2. The molecule has 0 aliphatic carbocycles. The van der Waals surface area contributed by atoms with Crippen LogP contribution in [0.1, 0.15) is 96.4 Å². The van der Waals surface area contributed by atoms with Gasteiger partial charge >= 0.3 is 0 Å². The van der Waals surface area contributed by atoms with Gasteiger partial charge in [-0.25, -0.2) is 4.98 Å². The van der Waals surface area contributed by atoms with Crippen molar-refractivity contribution in [3.05, 3.63) is 41.0 Å². The van der Waals surface area contributed by atoms with Gasteiger partial charge in [0.1, 0.15) is 12.1 Å². The first-order chi connectivity index (χ1) is 19.9. The van der Waals surface area contributed by atoms with Gasteiger partial charge in [-0.3, -0.25) is 14.4 Å². The minimum atomic E-state index is -0.815. The minimum Gasteiger partial charge on any atom is -0.391 e. The molecule has 0 saturated carbocycles. The molecule has 3 amide bonds. The number of aromatic nitrogens is 1. The van der Waals surface area contributed by atoms with Crippen LogP contribution >= 0.6 is 11.3 Å².